The van der Waals surface area contributed by atoms with E-state index in [2.05, 4.69) is 27.3 Å². The molecule has 180 valence electrons. The normalized spacial score (nSPS) is 24.5. The van der Waals surface area contributed by atoms with E-state index < -0.39 is 18.5 Å². The number of halogens is 1. The molecule has 0 spiro atoms. The van der Waals surface area contributed by atoms with Crippen molar-refractivity contribution in [3.63, 3.8) is 0 Å². The summed E-state index contributed by atoms with van der Waals surface area (Å²) in [6, 6.07) is 9.81. The molecule has 2 fully saturated rings. The van der Waals surface area contributed by atoms with Gasteiger partial charge in [0, 0.05) is 10.2 Å². The Morgan fingerprint density at radius 1 is 1.03 bits per heavy atom. The van der Waals surface area contributed by atoms with Gasteiger partial charge in [-0.1, -0.05) is 27.6 Å². The average molecular weight is 537 g/mol. The third-order valence-corrected chi connectivity index (χ3v) is 8.55. The Morgan fingerprint density at radius 2 is 1.66 bits per heavy atom. The molecule has 2 aliphatic carbocycles. The second kappa shape index (κ2) is 8.75. The van der Waals surface area contributed by atoms with E-state index in [0.29, 0.717) is 11.4 Å². The van der Waals surface area contributed by atoms with E-state index in [9.17, 15) is 19.2 Å². The first kappa shape index (κ1) is 23.5. The number of esters is 1. The third kappa shape index (κ3) is 3.99. The highest BCUT2D eigenvalue weighted by Crippen LogP contribution is 2.55. The summed E-state index contributed by atoms with van der Waals surface area (Å²) in [6.07, 6.45) is 3.01. The Morgan fingerprint density at radius 3 is 2.31 bits per heavy atom. The lowest BCUT2D eigenvalue weighted by atomic mass is 9.82. The van der Waals surface area contributed by atoms with Crippen LogP contribution in [0.2, 0.25) is 0 Å². The molecular formula is C27H25BrN2O5. The van der Waals surface area contributed by atoms with E-state index in [-0.39, 0.29) is 41.0 Å². The van der Waals surface area contributed by atoms with E-state index in [1.807, 2.05) is 32.9 Å². The van der Waals surface area contributed by atoms with Crippen LogP contribution in [0.5, 0.6) is 0 Å². The molecule has 1 N–H and O–H groups in total. The lowest BCUT2D eigenvalue weighted by Crippen LogP contribution is -2.33. The molecule has 0 aromatic heterocycles. The van der Waals surface area contributed by atoms with Gasteiger partial charge < -0.3 is 10.1 Å². The smallest absolute Gasteiger partial charge is 0.338 e. The molecule has 1 heterocycles. The predicted octanol–water partition coefficient (Wildman–Crippen LogP) is 4.56. The first-order valence-electron chi connectivity index (χ1n) is 11.6. The number of nitrogens with one attached hydrogen (secondary N) is 1. The number of anilines is 2. The van der Waals surface area contributed by atoms with Gasteiger partial charge in [0.15, 0.2) is 6.61 Å². The van der Waals surface area contributed by atoms with Gasteiger partial charge in [-0.2, -0.15) is 0 Å². The summed E-state index contributed by atoms with van der Waals surface area (Å²) < 4.78 is 6.13. The molecule has 1 saturated carbocycles. The van der Waals surface area contributed by atoms with Gasteiger partial charge in [0.25, 0.3) is 5.91 Å². The second-order valence-electron chi connectivity index (χ2n) is 9.58. The highest BCUT2D eigenvalue weighted by Gasteiger charge is 2.60. The number of hydrogen-bond donors (Lipinski definition) is 1. The molecule has 1 aliphatic heterocycles. The fraction of sp³-hybridized carbons (Fsp3) is 0.333. The number of carbonyl (C=O) groups excluding carboxylic acids is 4. The van der Waals surface area contributed by atoms with Crippen LogP contribution in [0.3, 0.4) is 0 Å². The van der Waals surface area contributed by atoms with Crippen LogP contribution >= 0.6 is 15.9 Å². The first-order chi connectivity index (χ1) is 16.7. The number of amides is 3. The van der Waals surface area contributed by atoms with Crippen LogP contribution in [0.25, 0.3) is 0 Å². The van der Waals surface area contributed by atoms with E-state index in [0.717, 1.165) is 22.0 Å². The van der Waals surface area contributed by atoms with Crippen molar-refractivity contribution in [2.45, 2.75) is 27.2 Å². The largest absolute Gasteiger partial charge is 0.452 e. The number of nitrogens with zero attached hydrogens (tertiary/aromatic N) is 1. The van der Waals surface area contributed by atoms with Gasteiger partial charge in [0.05, 0.1) is 23.1 Å². The second-order valence-corrected chi connectivity index (χ2v) is 10.4. The van der Waals surface area contributed by atoms with Gasteiger partial charge in [-0.25, -0.2) is 4.79 Å². The lowest BCUT2D eigenvalue weighted by Gasteiger charge is -2.19. The molecule has 5 rings (SSSR count). The van der Waals surface area contributed by atoms with Crippen LogP contribution < -0.4 is 10.2 Å². The zero-order valence-electron chi connectivity index (χ0n) is 19.6. The van der Waals surface area contributed by atoms with Gasteiger partial charge in [-0.3, -0.25) is 19.3 Å². The zero-order chi connectivity index (χ0) is 25.0. The monoisotopic (exact) mass is 536 g/mol. The Balaban J connectivity index is 1.20. The van der Waals surface area contributed by atoms with Gasteiger partial charge in [-0.05, 0) is 86.6 Å². The summed E-state index contributed by atoms with van der Waals surface area (Å²) in [4.78, 5) is 52.1. The topological polar surface area (TPSA) is 92.8 Å². The van der Waals surface area contributed by atoms with Crippen LogP contribution in [0.1, 0.15) is 34.8 Å². The maximum absolute atomic E-state index is 13.1. The molecule has 3 aliphatic rings. The summed E-state index contributed by atoms with van der Waals surface area (Å²) in [5, 5.41) is 2.73. The number of imide groups is 1. The third-order valence-electron chi connectivity index (χ3n) is 7.30. The van der Waals surface area contributed by atoms with Gasteiger partial charge >= 0.3 is 5.97 Å². The predicted molar refractivity (Wildman–Crippen MR) is 134 cm³/mol. The van der Waals surface area contributed by atoms with Crippen molar-refractivity contribution in [1.29, 1.82) is 0 Å². The highest BCUT2D eigenvalue weighted by molar-refractivity contribution is 9.10. The number of fused-ring (bicyclic) bond motifs is 5. The molecule has 0 radical (unpaired) electrons. The Bertz CT molecular complexity index is 1280. The molecule has 7 nitrogen and oxygen atoms in total. The fourth-order valence-electron chi connectivity index (χ4n) is 5.70. The molecule has 2 aromatic rings. The maximum Gasteiger partial charge on any atom is 0.338 e. The molecule has 35 heavy (non-hydrogen) atoms. The van der Waals surface area contributed by atoms with E-state index in [4.69, 9.17) is 4.74 Å². The molecule has 0 unspecified atom stereocenters. The Labute approximate surface area is 211 Å². The number of carbonyl (C=O) groups is 4. The summed E-state index contributed by atoms with van der Waals surface area (Å²) in [7, 11) is 0. The molecule has 8 heteroatoms. The summed E-state index contributed by atoms with van der Waals surface area (Å²) in [5.41, 5.74) is 4.46. The summed E-state index contributed by atoms with van der Waals surface area (Å²) >= 11 is 3.49. The minimum absolute atomic E-state index is 0.136. The first-order valence-corrected chi connectivity index (χ1v) is 12.3. The SMILES string of the molecule is CC1=C[C@H]2C[C@H]1[C@@H]1C(=O)N(c3ccc(C(=O)OCC(=O)Nc4cc(C)c(Br)c(C)c4)cc3)C(=O)[C@H]12. The molecule has 4 atom stereocenters. The van der Waals surface area contributed by atoms with Crippen molar-refractivity contribution in [1.82, 2.24) is 0 Å². The van der Waals surface area contributed by atoms with Crippen molar-refractivity contribution in [3.8, 4) is 0 Å². The molecule has 3 amide bonds. The van der Waals surface area contributed by atoms with E-state index in [1.165, 1.54) is 22.6 Å². The molecule has 2 bridgehead atoms. The van der Waals surface area contributed by atoms with Crippen molar-refractivity contribution in [2.75, 3.05) is 16.8 Å². The number of rotatable bonds is 5. The minimum Gasteiger partial charge on any atom is -0.452 e. The number of ether oxygens (including phenoxy) is 1. The van der Waals surface area contributed by atoms with Crippen molar-refractivity contribution in [2.24, 2.45) is 23.7 Å². The Hall–Kier alpha value is -3.26. The van der Waals surface area contributed by atoms with Crippen LogP contribution in [0.15, 0.2) is 52.5 Å². The van der Waals surface area contributed by atoms with Crippen molar-refractivity contribution < 1.29 is 23.9 Å². The minimum atomic E-state index is -0.663. The highest BCUT2D eigenvalue weighted by atomic mass is 79.9. The quantitative estimate of drug-likeness (QED) is 0.343. The van der Waals surface area contributed by atoms with E-state index >= 15 is 0 Å². The number of benzene rings is 2. The Kier molecular flexibility index (Phi) is 5.87. The summed E-state index contributed by atoms with van der Waals surface area (Å²) in [6.45, 7) is 5.45. The zero-order valence-corrected chi connectivity index (χ0v) is 21.2. The van der Waals surface area contributed by atoms with Crippen molar-refractivity contribution in [3.05, 3.63) is 69.2 Å². The number of aryl methyl sites for hydroxylation is 2. The van der Waals surface area contributed by atoms with Crippen LogP contribution in [-0.4, -0.2) is 30.3 Å². The van der Waals surface area contributed by atoms with Gasteiger partial charge in [-0.15, -0.1) is 0 Å². The maximum atomic E-state index is 13.1. The number of allylic oxidation sites excluding steroid dienone is 2. The molecule has 1 saturated heterocycles. The van der Waals surface area contributed by atoms with E-state index in [1.54, 1.807) is 12.1 Å². The van der Waals surface area contributed by atoms with Gasteiger partial charge in [0.1, 0.15) is 0 Å². The molecular weight excluding hydrogens is 512 g/mol. The standard InChI is InChI=1S/C27H25BrN2O5/c1-13-8-17-11-20(13)23-22(17)25(32)30(26(23)33)19-6-4-16(5-7-19)27(34)35-12-21(31)29-18-9-14(2)24(28)15(3)10-18/h4-10,17,20,22-23H,11-12H2,1-3H3,(H,29,31)/t17-,20+,22-,23-/m0/s1. The lowest BCUT2D eigenvalue weighted by molar-refractivity contribution is -0.123. The van der Waals surface area contributed by atoms with Crippen LogP contribution in [0, 0.1) is 37.5 Å². The average Bonchev–Trinajstić information content (AvgIpc) is 3.46. The van der Waals surface area contributed by atoms with Gasteiger partial charge in [0.2, 0.25) is 11.8 Å². The van der Waals surface area contributed by atoms with Crippen LogP contribution in [-0.2, 0) is 19.1 Å². The van der Waals surface area contributed by atoms with Crippen LogP contribution in [0.4, 0.5) is 11.4 Å². The van der Waals surface area contributed by atoms with Crippen molar-refractivity contribution >= 4 is 51.0 Å². The molecule has 2 aromatic carbocycles. The summed E-state index contributed by atoms with van der Waals surface area (Å²) in [5.74, 6) is -1.71. The fourth-order valence-corrected chi connectivity index (χ4v) is 5.93. The number of hydrogen-bond acceptors (Lipinski definition) is 5.